The van der Waals surface area contributed by atoms with Crippen molar-refractivity contribution in [2.24, 2.45) is 0 Å². The Kier molecular flexibility index (Phi) is 8.97. The number of hydrogen-bond donors (Lipinski definition) is 4. The van der Waals surface area contributed by atoms with Crippen molar-refractivity contribution in [2.45, 2.75) is 63.1 Å². The quantitative estimate of drug-likeness (QED) is 0.441. The monoisotopic (exact) mass is 504 g/mol. The molecule has 1 heterocycles. The molecule has 0 saturated carbocycles. The van der Waals surface area contributed by atoms with E-state index in [4.69, 9.17) is 21.1 Å². The van der Waals surface area contributed by atoms with Crippen molar-refractivity contribution in [2.75, 3.05) is 13.2 Å². The van der Waals surface area contributed by atoms with E-state index < -0.39 is 56.5 Å². The van der Waals surface area contributed by atoms with Gasteiger partial charge in [-0.25, -0.2) is 0 Å². The standard InChI is InChI=1S/C24H28ClF3O6/c1-2-13-3-5-14(6-4-13)7-15-8-17(16(9-18(15)25)11-33-12-24(26,27)28)23-22(32)21(31)20(30)19(10-29)34-23/h3-6,8-9,19-23,29-32H,2,7,10-12H2,1H3/t19-,20-,21+,22-,23+/m1/s1. The van der Waals surface area contributed by atoms with Gasteiger partial charge in [0.1, 0.15) is 37.1 Å². The van der Waals surface area contributed by atoms with Gasteiger partial charge in [0.2, 0.25) is 0 Å². The molecule has 0 aromatic heterocycles. The van der Waals surface area contributed by atoms with E-state index in [0.717, 1.165) is 17.5 Å². The van der Waals surface area contributed by atoms with Gasteiger partial charge in [-0.2, -0.15) is 13.2 Å². The van der Waals surface area contributed by atoms with Crippen LogP contribution in [0.5, 0.6) is 0 Å². The van der Waals surface area contributed by atoms with Crippen LogP contribution < -0.4 is 0 Å². The second-order valence-corrected chi connectivity index (χ2v) is 8.75. The normalized spacial score (nSPS) is 25.5. The van der Waals surface area contributed by atoms with Crippen LogP contribution in [0, 0.1) is 0 Å². The molecule has 1 aliphatic rings. The molecular weight excluding hydrogens is 477 g/mol. The molecule has 1 aliphatic heterocycles. The van der Waals surface area contributed by atoms with Crippen LogP contribution in [0.2, 0.25) is 5.02 Å². The zero-order valence-corrected chi connectivity index (χ0v) is 19.3. The first-order chi connectivity index (χ1) is 16.0. The number of alkyl halides is 3. The number of rotatable bonds is 8. The predicted molar refractivity (Wildman–Crippen MR) is 119 cm³/mol. The Bertz CT molecular complexity index is 951. The molecule has 0 spiro atoms. The maximum absolute atomic E-state index is 12.6. The van der Waals surface area contributed by atoms with E-state index in [9.17, 15) is 33.6 Å². The highest BCUT2D eigenvalue weighted by atomic mass is 35.5. The highest BCUT2D eigenvalue weighted by molar-refractivity contribution is 6.31. The van der Waals surface area contributed by atoms with E-state index in [1.807, 2.05) is 31.2 Å². The number of halogens is 4. The van der Waals surface area contributed by atoms with Crippen molar-refractivity contribution in [3.63, 3.8) is 0 Å². The Morgan fingerprint density at radius 1 is 0.971 bits per heavy atom. The Balaban J connectivity index is 1.97. The predicted octanol–water partition coefficient (Wildman–Crippen LogP) is 3.09. The summed E-state index contributed by atoms with van der Waals surface area (Å²) in [5.74, 6) is 0. The van der Waals surface area contributed by atoms with Crippen LogP contribution in [0.4, 0.5) is 13.2 Å². The molecule has 0 aliphatic carbocycles. The zero-order chi connectivity index (χ0) is 25.0. The smallest absolute Gasteiger partial charge is 0.394 e. The van der Waals surface area contributed by atoms with Crippen LogP contribution in [0.3, 0.4) is 0 Å². The Morgan fingerprint density at radius 2 is 1.62 bits per heavy atom. The topological polar surface area (TPSA) is 99.4 Å². The number of benzene rings is 2. The molecule has 2 aromatic rings. The lowest BCUT2D eigenvalue weighted by Gasteiger charge is -2.41. The molecule has 34 heavy (non-hydrogen) atoms. The third-order valence-corrected chi connectivity index (χ3v) is 6.21. The summed E-state index contributed by atoms with van der Waals surface area (Å²) in [6.45, 7) is -0.552. The van der Waals surface area contributed by atoms with Crippen molar-refractivity contribution in [1.82, 2.24) is 0 Å². The van der Waals surface area contributed by atoms with Crippen molar-refractivity contribution < 1.29 is 43.1 Å². The molecule has 1 fully saturated rings. The molecule has 3 rings (SSSR count). The molecule has 1 saturated heterocycles. The fourth-order valence-electron chi connectivity index (χ4n) is 3.95. The van der Waals surface area contributed by atoms with Crippen LogP contribution in [0.25, 0.3) is 0 Å². The van der Waals surface area contributed by atoms with Gasteiger partial charge in [-0.3, -0.25) is 0 Å². The molecule has 2 aromatic carbocycles. The van der Waals surface area contributed by atoms with E-state index in [0.29, 0.717) is 17.0 Å². The molecule has 4 N–H and O–H groups in total. The van der Waals surface area contributed by atoms with Gasteiger partial charge < -0.3 is 29.9 Å². The summed E-state index contributed by atoms with van der Waals surface area (Å²) in [5, 5.41) is 40.7. The minimum absolute atomic E-state index is 0.226. The van der Waals surface area contributed by atoms with Crippen LogP contribution in [-0.2, 0) is 28.9 Å². The van der Waals surface area contributed by atoms with Gasteiger partial charge in [0, 0.05) is 5.02 Å². The minimum Gasteiger partial charge on any atom is -0.394 e. The van der Waals surface area contributed by atoms with E-state index >= 15 is 0 Å². The Hall–Kier alpha value is -1.72. The second kappa shape index (κ2) is 11.3. The van der Waals surface area contributed by atoms with Gasteiger partial charge in [0.15, 0.2) is 0 Å². The third kappa shape index (κ3) is 6.48. The lowest BCUT2D eigenvalue weighted by Crippen LogP contribution is -2.55. The van der Waals surface area contributed by atoms with Crippen molar-refractivity contribution in [1.29, 1.82) is 0 Å². The van der Waals surface area contributed by atoms with Crippen LogP contribution in [-0.4, -0.2) is 64.2 Å². The van der Waals surface area contributed by atoms with Gasteiger partial charge in [-0.1, -0.05) is 48.9 Å². The fraction of sp³-hybridized carbons (Fsp3) is 0.500. The first-order valence-electron chi connectivity index (χ1n) is 10.9. The molecule has 0 amide bonds. The van der Waals surface area contributed by atoms with Gasteiger partial charge in [0.05, 0.1) is 13.2 Å². The first kappa shape index (κ1) is 26.9. The molecule has 0 radical (unpaired) electrons. The maximum Gasteiger partial charge on any atom is 0.411 e. The highest BCUT2D eigenvalue weighted by Gasteiger charge is 2.44. The van der Waals surface area contributed by atoms with E-state index in [1.165, 1.54) is 6.07 Å². The SMILES string of the molecule is CCc1ccc(Cc2cc([C@@H]3O[C@H](CO)[C@@H](O)[C@H](O)[C@H]3O)c(COCC(F)(F)F)cc2Cl)cc1. The summed E-state index contributed by atoms with van der Waals surface area (Å²) >= 11 is 6.45. The van der Waals surface area contributed by atoms with Crippen LogP contribution >= 0.6 is 11.6 Å². The number of aliphatic hydroxyl groups is 4. The summed E-state index contributed by atoms with van der Waals surface area (Å²) in [5.41, 5.74) is 3.21. The molecule has 10 heteroatoms. The molecular formula is C24H28ClF3O6. The van der Waals surface area contributed by atoms with E-state index in [2.05, 4.69) is 0 Å². The third-order valence-electron chi connectivity index (χ3n) is 5.86. The number of ether oxygens (including phenoxy) is 2. The lowest BCUT2D eigenvalue weighted by atomic mass is 9.87. The average Bonchev–Trinajstić information content (AvgIpc) is 2.79. The molecule has 0 bridgehead atoms. The number of aliphatic hydroxyl groups excluding tert-OH is 4. The van der Waals surface area contributed by atoms with Crippen molar-refractivity contribution >= 4 is 11.6 Å². The Morgan fingerprint density at radius 3 is 2.21 bits per heavy atom. The maximum atomic E-state index is 12.6. The van der Waals surface area contributed by atoms with Crippen LogP contribution in [0.15, 0.2) is 36.4 Å². The summed E-state index contributed by atoms with van der Waals surface area (Å²) in [4.78, 5) is 0. The molecule has 188 valence electrons. The van der Waals surface area contributed by atoms with Gasteiger partial charge >= 0.3 is 6.18 Å². The molecule has 0 unspecified atom stereocenters. The van der Waals surface area contributed by atoms with Gasteiger partial charge in [-0.15, -0.1) is 0 Å². The van der Waals surface area contributed by atoms with Crippen molar-refractivity contribution in [3.8, 4) is 0 Å². The van der Waals surface area contributed by atoms with E-state index in [-0.39, 0.29) is 11.1 Å². The summed E-state index contributed by atoms with van der Waals surface area (Å²) in [6, 6.07) is 10.9. The minimum atomic E-state index is -4.53. The number of hydrogen-bond acceptors (Lipinski definition) is 6. The van der Waals surface area contributed by atoms with E-state index in [1.54, 1.807) is 6.07 Å². The summed E-state index contributed by atoms with van der Waals surface area (Å²) in [6.07, 6.45) is -10.5. The molecule has 5 atom stereocenters. The van der Waals surface area contributed by atoms with Crippen molar-refractivity contribution in [3.05, 3.63) is 69.2 Å². The van der Waals surface area contributed by atoms with Crippen LogP contribution in [0.1, 0.15) is 40.8 Å². The summed E-state index contributed by atoms with van der Waals surface area (Å²) in [7, 11) is 0. The first-order valence-corrected chi connectivity index (χ1v) is 11.3. The zero-order valence-electron chi connectivity index (χ0n) is 18.5. The molecule has 6 nitrogen and oxygen atoms in total. The lowest BCUT2D eigenvalue weighted by molar-refractivity contribution is -0.232. The van der Waals surface area contributed by atoms with Gasteiger partial charge in [-0.05, 0) is 46.7 Å². The highest BCUT2D eigenvalue weighted by Crippen LogP contribution is 2.37. The second-order valence-electron chi connectivity index (χ2n) is 8.35. The van der Waals surface area contributed by atoms with Gasteiger partial charge in [0.25, 0.3) is 0 Å². The Labute approximate surface area is 200 Å². The largest absolute Gasteiger partial charge is 0.411 e. The fourth-order valence-corrected chi connectivity index (χ4v) is 4.20. The average molecular weight is 505 g/mol. The summed E-state index contributed by atoms with van der Waals surface area (Å²) < 4.78 is 48.3. The number of aryl methyl sites for hydroxylation is 1.